The minimum atomic E-state index is -0.108. The summed E-state index contributed by atoms with van der Waals surface area (Å²) in [5.74, 6) is 1.07. The highest BCUT2D eigenvalue weighted by molar-refractivity contribution is 8.00. The topological polar surface area (TPSA) is 29.5 Å². The van der Waals surface area contributed by atoms with Gasteiger partial charge in [0.15, 0.2) is 0 Å². The summed E-state index contributed by atoms with van der Waals surface area (Å²) < 4.78 is 5.23. The molecule has 2 saturated heterocycles. The third kappa shape index (κ3) is 1.18. The lowest BCUT2D eigenvalue weighted by molar-refractivity contribution is 0.127. The van der Waals surface area contributed by atoms with Gasteiger partial charge >= 0.3 is 6.09 Å². The molecule has 0 aromatic rings. The largest absolute Gasteiger partial charge is 0.443 e. The number of hydrogen-bond acceptors (Lipinski definition) is 3. The minimum Gasteiger partial charge on any atom is -0.443 e. The van der Waals surface area contributed by atoms with Crippen LogP contribution in [0, 0.1) is 0 Å². The van der Waals surface area contributed by atoms with Crippen LogP contribution in [-0.2, 0) is 4.74 Å². The van der Waals surface area contributed by atoms with Gasteiger partial charge in [-0.15, -0.1) is 11.8 Å². The number of rotatable bonds is 2. The number of cyclic esters (lactones) is 1. The summed E-state index contributed by atoms with van der Waals surface area (Å²) in [5, 5.41) is 0.317. The highest BCUT2D eigenvalue weighted by Gasteiger charge is 2.44. The summed E-state index contributed by atoms with van der Waals surface area (Å²) in [5.41, 5.74) is 0. The van der Waals surface area contributed by atoms with Gasteiger partial charge in [-0.3, -0.25) is 4.90 Å². The highest BCUT2D eigenvalue weighted by atomic mass is 32.2. The van der Waals surface area contributed by atoms with Crippen molar-refractivity contribution in [1.82, 2.24) is 4.90 Å². The first-order valence-electron chi connectivity index (χ1n) is 4.42. The lowest BCUT2D eigenvalue weighted by Crippen LogP contribution is -2.28. The SMILES string of the molecule is CCCC1OC(=O)N2CCSC12. The van der Waals surface area contributed by atoms with Crippen LogP contribution in [0.15, 0.2) is 0 Å². The number of ether oxygens (including phenoxy) is 1. The standard InChI is InChI=1S/C8H13NO2S/c1-2-3-6-7-9(4-5-12-7)8(10)11-6/h6-7H,2-5H2,1H3. The van der Waals surface area contributed by atoms with Gasteiger partial charge in [0.05, 0.1) is 0 Å². The Morgan fingerprint density at radius 1 is 1.75 bits per heavy atom. The minimum absolute atomic E-state index is 0.108. The first-order valence-corrected chi connectivity index (χ1v) is 5.46. The van der Waals surface area contributed by atoms with Gasteiger partial charge in [-0.1, -0.05) is 13.3 Å². The van der Waals surface area contributed by atoms with Crippen LogP contribution in [0.4, 0.5) is 4.79 Å². The second-order valence-corrected chi connectivity index (χ2v) is 4.39. The zero-order valence-corrected chi connectivity index (χ0v) is 7.97. The predicted molar refractivity (Wildman–Crippen MR) is 48.1 cm³/mol. The Morgan fingerprint density at radius 2 is 2.58 bits per heavy atom. The number of thioether (sulfide) groups is 1. The summed E-state index contributed by atoms with van der Waals surface area (Å²) in [4.78, 5) is 13.1. The summed E-state index contributed by atoms with van der Waals surface area (Å²) in [6.07, 6.45) is 2.13. The average Bonchev–Trinajstić information content (AvgIpc) is 2.58. The second-order valence-electron chi connectivity index (χ2n) is 3.17. The number of amides is 1. The Morgan fingerprint density at radius 3 is 3.33 bits per heavy atom. The van der Waals surface area contributed by atoms with E-state index in [0.29, 0.717) is 5.37 Å². The normalized spacial score (nSPS) is 33.8. The Balaban J connectivity index is 2.04. The van der Waals surface area contributed by atoms with Crippen molar-refractivity contribution in [3.63, 3.8) is 0 Å². The number of hydrogen-bond donors (Lipinski definition) is 0. The Kier molecular flexibility index (Phi) is 2.17. The molecule has 2 atom stereocenters. The van der Waals surface area contributed by atoms with Crippen molar-refractivity contribution >= 4 is 17.9 Å². The zero-order valence-electron chi connectivity index (χ0n) is 7.16. The Hall–Kier alpha value is -0.380. The van der Waals surface area contributed by atoms with Gasteiger partial charge in [0.25, 0.3) is 0 Å². The average molecular weight is 187 g/mol. The van der Waals surface area contributed by atoms with E-state index < -0.39 is 0 Å². The van der Waals surface area contributed by atoms with E-state index in [9.17, 15) is 4.79 Å². The lowest BCUT2D eigenvalue weighted by Gasteiger charge is -2.13. The monoisotopic (exact) mass is 187 g/mol. The van der Waals surface area contributed by atoms with Crippen molar-refractivity contribution in [2.24, 2.45) is 0 Å². The number of carbonyl (C=O) groups is 1. The molecular formula is C8H13NO2S. The maximum Gasteiger partial charge on any atom is 0.411 e. The molecule has 2 heterocycles. The van der Waals surface area contributed by atoms with Crippen LogP contribution < -0.4 is 0 Å². The number of nitrogens with zero attached hydrogens (tertiary/aromatic N) is 1. The number of fused-ring (bicyclic) bond motifs is 1. The molecule has 2 rings (SSSR count). The molecule has 0 aromatic heterocycles. The predicted octanol–water partition coefficient (Wildman–Crippen LogP) is 1.68. The van der Waals surface area contributed by atoms with E-state index >= 15 is 0 Å². The fraction of sp³-hybridized carbons (Fsp3) is 0.875. The molecule has 2 aliphatic rings. The van der Waals surface area contributed by atoms with Crippen molar-refractivity contribution in [2.75, 3.05) is 12.3 Å². The molecule has 4 heteroatoms. The van der Waals surface area contributed by atoms with E-state index in [-0.39, 0.29) is 12.2 Å². The van der Waals surface area contributed by atoms with E-state index in [2.05, 4.69) is 6.92 Å². The van der Waals surface area contributed by atoms with Gasteiger partial charge in [0.2, 0.25) is 0 Å². The fourth-order valence-corrected chi connectivity index (χ4v) is 3.05. The third-order valence-electron chi connectivity index (χ3n) is 2.31. The Labute approximate surface area is 76.4 Å². The molecule has 0 spiro atoms. The van der Waals surface area contributed by atoms with Crippen molar-refractivity contribution < 1.29 is 9.53 Å². The van der Waals surface area contributed by atoms with Gasteiger partial charge in [-0.2, -0.15) is 0 Å². The molecule has 2 aliphatic heterocycles. The molecule has 1 amide bonds. The van der Waals surface area contributed by atoms with E-state index in [1.165, 1.54) is 0 Å². The van der Waals surface area contributed by atoms with Crippen LogP contribution in [0.25, 0.3) is 0 Å². The van der Waals surface area contributed by atoms with Crippen LogP contribution in [0.5, 0.6) is 0 Å². The van der Waals surface area contributed by atoms with Gasteiger partial charge in [-0.05, 0) is 6.42 Å². The Bertz CT molecular complexity index is 197. The third-order valence-corrected chi connectivity index (χ3v) is 3.62. The number of carbonyl (C=O) groups excluding carboxylic acids is 1. The van der Waals surface area contributed by atoms with Crippen LogP contribution >= 0.6 is 11.8 Å². The summed E-state index contributed by atoms with van der Waals surface area (Å²) in [6, 6.07) is 0. The molecule has 68 valence electrons. The molecule has 12 heavy (non-hydrogen) atoms. The molecular weight excluding hydrogens is 174 g/mol. The quantitative estimate of drug-likeness (QED) is 0.658. The van der Waals surface area contributed by atoms with Crippen molar-refractivity contribution in [2.45, 2.75) is 31.2 Å². The molecule has 2 fully saturated rings. The molecule has 0 bridgehead atoms. The molecule has 0 aliphatic carbocycles. The van der Waals surface area contributed by atoms with Gasteiger partial charge in [-0.25, -0.2) is 4.79 Å². The summed E-state index contributed by atoms with van der Waals surface area (Å²) in [7, 11) is 0. The van der Waals surface area contributed by atoms with Crippen molar-refractivity contribution in [3.05, 3.63) is 0 Å². The van der Waals surface area contributed by atoms with E-state index in [0.717, 1.165) is 25.1 Å². The first-order chi connectivity index (χ1) is 5.83. The zero-order chi connectivity index (χ0) is 8.55. The van der Waals surface area contributed by atoms with Crippen LogP contribution in [0.2, 0.25) is 0 Å². The van der Waals surface area contributed by atoms with Crippen molar-refractivity contribution in [3.8, 4) is 0 Å². The van der Waals surface area contributed by atoms with Crippen LogP contribution in [0.1, 0.15) is 19.8 Å². The van der Waals surface area contributed by atoms with Gasteiger partial charge in [0.1, 0.15) is 11.5 Å². The molecule has 2 unspecified atom stereocenters. The smallest absolute Gasteiger partial charge is 0.411 e. The van der Waals surface area contributed by atoms with Gasteiger partial charge in [0, 0.05) is 12.3 Å². The van der Waals surface area contributed by atoms with Gasteiger partial charge < -0.3 is 4.74 Å². The first kappa shape index (κ1) is 8.23. The second kappa shape index (κ2) is 3.17. The fourth-order valence-electron chi connectivity index (χ4n) is 1.73. The molecule has 0 N–H and O–H groups in total. The van der Waals surface area contributed by atoms with E-state index in [1.807, 2.05) is 16.7 Å². The summed E-state index contributed by atoms with van der Waals surface area (Å²) >= 11 is 1.84. The molecule has 3 nitrogen and oxygen atoms in total. The van der Waals surface area contributed by atoms with Crippen molar-refractivity contribution in [1.29, 1.82) is 0 Å². The van der Waals surface area contributed by atoms with Crippen LogP contribution in [-0.4, -0.2) is 34.8 Å². The molecule has 0 saturated carbocycles. The maximum absolute atomic E-state index is 11.2. The molecule has 0 aromatic carbocycles. The lowest BCUT2D eigenvalue weighted by atomic mass is 10.2. The van der Waals surface area contributed by atoms with E-state index in [4.69, 9.17) is 4.74 Å². The molecule has 0 radical (unpaired) electrons. The summed E-state index contributed by atoms with van der Waals surface area (Å²) in [6.45, 7) is 2.99. The highest BCUT2D eigenvalue weighted by Crippen LogP contribution is 2.35. The van der Waals surface area contributed by atoms with Crippen LogP contribution in [0.3, 0.4) is 0 Å². The maximum atomic E-state index is 11.2. The van der Waals surface area contributed by atoms with E-state index in [1.54, 1.807) is 0 Å².